The summed E-state index contributed by atoms with van der Waals surface area (Å²) in [6.45, 7) is 3.78. The van der Waals surface area contributed by atoms with Crippen LogP contribution < -0.4 is 5.32 Å². The predicted molar refractivity (Wildman–Crippen MR) is 99.2 cm³/mol. The number of aryl methyl sites for hydroxylation is 1. The molecule has 1 saturated heterocycles. The van der Waals surface area contributed by atoms with E-state index >= 15 is 0 Å². The van der Waals surface area contributed by atoms with E-state index < -0.39 is 0 Å². The summed E-state index contributed by atoms with van der Waals surface area (Å²) in [6, 6.07) is 12.1. The number of aromatic nitrogens is 1. The largest absolute Gasteiger partial charge is 0.326 e. The Bertz CT molecular complexity index is 765. The second-order valence-corrected chi connectivity index (χ2v) is 7.39. The average Bonchev–Trinajstić information content (AvgIpc) is 3.26. The SMILES string of the molecule is Cc1sc(-c2ccccc2)nc1CCNCC(=O)N1CCCC1C#N. The van der Waals surface area contributed by atoms with Gasteiger partial charge in [-0.25, -0.2) is 4.98 Å². The smallest absolute Gasteiger partial charge is 0.237 e. The molecule has 1 atom stereocenters. The van der Waals surface area contributed by atoms with Crippen LogP contribution in [0, 0.1) is 18.3 Å². The van der Waals surface area contributed by atoms with Gasteiger partial charge in [0.15, 0.2) is 0 Å². The third-order valence-electron chi connectivity index (χ3n) is 4.45. The lowest BCUT2D eigenvalue weighted by molar-refractivity contribution is -0.130. The molecule has 1 aliphatic heterocycles. The second-order valence-electron chi connectivity index (χ2n) is 6.19. The molecule has 0 radical (unpaired) electrons. The van der Waals surface area contributed by atoms with Crippen LogP contribution in [0.25, 0.3) is 10.6 Å². The van der Waals surface area contributed by atoms with Crippen molar-refractivity contribution < 1.29 is 4.79 Å². The van der Waals surface area contributed by atoms with Crippen molar-refractivity contribution in [1.29, 1.82) is 5.26 Å². The number of amides is 1. The Morgan fingerprint density at radius 3 is 3.00 bits per heavy atom. The molecule has 6 heteroatoms. The predicted octanol–water partition coefficient (Wildman–Crippen LogP) is 2.77. The van der Waals surface area contributed by atoms with Gasteiger partial charge in [-0.3, -0.25) is 4.79 Å². The van der Waals surface area contributed by atoms with Gasteiger partial charge in [0.1, 0.15) is 11.0 Å². The topological polar surface area (TPSA) is 69.0 Å². The molecule has 1 fully saturated rings. The summed E-state index contributed by atoms with van der Waals surface area (Å²) in [5, 5.41) is 13.3. The second kappa shape index (κ2) is 8.24. The summed E-state index contributed by atoms with van der Waals surface area (Å²) in [5.74, 6) is 0.0176. The van der Waals surface area contributed by atoms with E-state index in [0.29, 0.717) is 13.1 Å². The summed E-state index contributed by atoms with van der Waals surface area (Å²) in [6.07, 6.45) is 2.51. The third kappa shape index (κ3) is 4.25. The average molecular weight is 354 g/mol. The number of rotatable bonds is 6. The van der Waals surface area contributed by atoms with Crippen LogP contribution in [0.5, 0.6) is 0 Å². The van der Waals surface area contributed by atoms with E-state index in [1.807, 2.05) is 18.2 Å². The number of benzene rings is 1. The summed E-state index contributed by atoms with van der Waals surface area (Å²) in [4.78, 5) is 19.8. The maximum Gasteiger partial charge on any atom is 0.237 e. The Morgan fingerprint density at radius 2 is 2.24 bits per heavy atom. The van der Waals surface area contributed by atoms with Crippen LogP contribution in [0.15, 0.2) is 30.3 Å². The van der Waals surface area contributed by atoms with E-state index in [-0.39, 0.29) is 18.5 Å². The van der Waals surface area contributed by atoms with Gasteiger partial charge in [-0.05, 0) is 19.8 Å². The van der Waals surface area contributed by atoms with Crippen LogP contribution in [0.3, 0.4) is 0 Å². The molecule has 25 heavy (non-hydrogen) atoms. The Kier molecular flexibility index (Phi) is 5.79. The van der Waals surface area contributed by atoms with Crippen molar-refractivity contribution in [2.24, 2.45) is 0 Å². The molecule has 0 aliphatic carbocycles. The summed E-state index contributed by atoms with van der Waals surface area (Å²) in [7, 11) is 0. The van der Waals surface area contributed by atoms with Crippen molar-refractivity contribution in [3.63, 3.8) is 0 Å². The van der Waals surface area contributed by atoms with E-state index in [2.05, 4.69) is 30.4 Å². The molecule has 0 spiro atoms. The Labute approximate surface area is 152 Å². The van der Waals surface area contributed by atoms with Crippen LogP contribution in [0.2, 0.25) is 0 Å². The van der Waals surface area contributed by atoms with E-state index in [9.17, 15) is 4.79 Å². The molecule has 2 heterocycles. The number of nitrogens with zero attached hydrogens (tertiary/aromatic N) is 3. The molecule has 1 aromatic heterocycles. The first-order valence-electron chi connectivity index (χ1n) is 8.60. The van der Waals surface area contributed by atoms with Crippen LogP contribution in [0.4, 0.5) is 0 Å². The van der Waals surface area contributed by atoms with Gasteiger partial charge in [-0.2, -0.15) is 5.26 Å². The first-order chi connectivity index (χ1) is 12.2. The zero-order chi connectivity index (χ0) is 17.6. The molecule has 5 nitrogen and oxygen atoms in total. The van der Waals surface area contributed by atoms with Gasteiger partial charge >= 0.3 is 0 Å². The molecule has 1 unspecified atom stereocenters. The minimum Gasteiger partial charge on any atom is -0.326 e. The lowest BCUT2D eigenvalue weighted by Crippen LogP contribution is -2.41. The van der Waals surface area contributed by atoms with Crippen LogP contribution >= 0.6 is 11.3 Å². The summed E-state index contributed by atoms with van der Waals surface area (Å²) < 4.78 is 0. The lowest BCUT2D eigenvalue weighted by Gasteiger charge is -2.19. The molecule has 0 saturated carbocycles. The molecule has 1 aliphatic rings. The highest BCUT2D eigenvalue weighted by atomic mass is 32.1. The highest BCUT2D eigenvalue weighted by Gasteiger charge is 2.27. The zero-order valence-corrected chi connectivity index (χ0v) is 15.2. The molecule has 3 rings (SSSR count). The monoisotopic (exact) mass is 354 g/mol. The number of nitrogens with one attached hydrogen (secondary N) is 1. The molecular formula is C19H22N4OS. The third-order valence-corrected chi connectivity index (χ3v) is 5.51. The fourth-order valence-electron chi connectivity index (χ4n) is 3.07. The highest BCUT2D eigenvalue weighted by Crippen LogP contribution is 2.27. The van der Waals surface area contributed by atoms with Crippen LogP contribution in [-0.2, 0) is 11.2 Å². The first kappa shape index (κ1) is 17.6. The summed E-state index contributed by atoms with van der Waals surface area (Å²) in [5.41, 5.74) is 2.22. The minimum atomic E-state index is -0.247. The highest BCUT2D eigenvalue weighted by molar-refractivity contribution is 7.15. The molecule has 1 N–H and O–H groups in total. The van der Waals surface area contributed by atoms with E-state index in [0.717, 1.165) is 35.5 Å². The zero-order valence-electron chi connectivity index (χ0n) is 14.4. The van der Waals surface area contributed by atoms with E-state index in [1.54, 1.807) is 16.2 Å². The molecule has 2 aromatic rings. The van der Waals surface area contributed by atoms with Gasteiger partial charge in [0.25, 0.3) is 0 Å². The van der Waals surface area contributed by atoms with Crippen molar-refractivity contribution >= 4 is 17.2 Å². The Balaban J connectivity index is 1.49. The molecule has 130 valence electrons. The van der Waals surface area contributed by atoms with Gasteiger partial charge in [-0.1, -0.05) is 30.3 Å². The number of likely N-dealkylation sites (tertiary alicyclic amines) is 1. The first-order valence-corrected chi connectivity index (χ1v) is 9.42. The van der Waals surface area contributed by atoms with Crippen LogP contribution in [-0.4, -0.2) is 41.5 Å². The maximum absolute atomic E-state index is 12.2. The van der Waals surface area contributed by atoms with Crippen molar-refractivity contribution in [2.75, 3.05) is 19.6 Å². The normalized spacial score (nSPS) is 16.8. The number of hydrogen-bond acceptors (Lipinski definition) is 5. The van der Waals surface area contributed by atoms with Crippen molar-refractivity contribution in [3.05, 3.63) is 40.9 Å². The molecule has 1 amide bonds. The fourth-order valence-corrected chi connectivity index (χ4v) is 4.03. The number of hydrogen-bond donors (Lipinski definition) is 1. The number of carbonyl (C=O) groups excluding carboxylic acids is 1. The van der Waals surface area contributed by atoms with Gasteiger partial charge in [0.2, 0.25) is 5.91 Å². The minimum absolute atomic E-state index is 0.0176. The Morgan fingerprint density at radius 1 is 1.44 bits per heavy atom. The van der Waals surface area contributed by atoms with E-state index in [1.165, 1.54) is 4.88 Å². The molecular weight excluding hydrogens is 332 g/mol. The number of carbonyl (C=O) groups is 1. The quantitative estimate of drug-likeness (QED) is 0.810. The van der Waals surface area contributed by atoms with Gasteiger partial charge in [0, 0.05) is 30.0 Å². The number of thiazole rings is 1. The Hall–Kier alpha value is -2.23. The van der Waals surface area contributed by atoms with Crippen molar-refractivity contribution in [2.45, 2.75) is 32.2 Å². The van der Waals surface area contributed by atoms with Gasteiger partial charge < -0.3 is 10.2 Å². The number of nitriles is 1. The lowest BCUT2D eigenvalue weighted by atomic mass is 10.2. The van der Waals surface area contributed by atoms with Crippen molar-refractivity contribution in [1.82, 2.24) is 15.2 Å². The molecule has 1 aromatic carbocycles. The van der Waals surface area contributed by atoms with Gasteiger partial charge in [0.05, 0.1) is 18.3 Å². The molecule has 0 bridgehead atoms. The maximum atomic E-state index is 12.2. The van der Waals surface area contributed by atoms with Gasteiger partial charge in [-0.15, -0.1) is 11.3 Å². The van der Waals surface area contributed by atoms with E-state index in [4.69, 9.17) is 10.2 Å². The summed E-state index contributed by atoms with van der Waals surface area (Å²) >= 11 is 1.71. The fraction of sp³-hybridized carbons (Fsp3) is 0.421. The van der Waals surface area contributed by atoms with Crippen LogP contribution in [0.1, 0.15) is 23.4 Å². The van der Waals surface area contributed by atoms with Crippen molar-refractivity contribution in [3.8, 4) is 16.6 Å². The standard InChI is InChI=1S/C19H22N4OS/c1-14-17(22-19(25-14)15-6-3-2-4-7-15)9-10-21-13-18(24)23-11-5-8-16(23)12-20/h2-4,6-7,16,21H,5,8-11,13H2,1H3.